The largest absolute Gasteiger partial charge is 0.369 e. The van der Waals surface area contributed by atoms with Crippen LogP contribution in [-0.2, 0) is 0 Å². The van der Waals surface area contributed by atoms with Crippen LogP contribution in [0.5, 0.6) is 0 Å². The van der Waals surface area contributed by atoms with Gasteiger partial charge in [0, 0.05) is 43.4 Å². The first-order valence-electron chi connectivity index (χ1n) is 10.3. The first-order valence-corrected chi connectivity index (χ1v) is 10.7. The number of carbonyl (C=O) groups is 1. The highest BCUT2D eigenvalue weighted by Gasteiger charge is 2.17. The average molecular weight is 424 g/mol. The van der Waals surface area contributed by atoms with E-state index in [0.29, 0.717) is 17.9 Å². The Morgan fingerprint density at radius 1 is 1.03 bits per heavy atom. The van der Waals surface area contributed by atoms with E-state index in [1.165, 1.54) is 5.69 Å². The summed E-state index contributed by atoms with van der Waals surface area (Å²) < 4.78 is 0. The molecule has 6 nitrogen and oxygen atoms in total. The number of para-hydroxylation sites is 2. The number of fused-ring (bicyclic) bond motifs is 1. The Hall–Kier alpha value is -2.70. The molecule has 0 radical (unpaired) electrons. The SMILES string of the molecule is Cc1nc2ccccc2nc1C(=O)NCCCN1CCN(c2cccc(Cl)c2)CC1. The molecule has 2 aromatic carbocycles. The maximum absolute atomic E-state index is 12.5. The minimum absolute atomic E-state index is 0.156. The summed E-state index contributed by atoms with van der Waals surface area (Å²) >= 11 is 6.11. The van der Waals surface area contributed by atoms with Gasteiger partial charge in [0.25, 0.3) is 5.91 Å². The molecule has 1 saturated heterocycles. The number of nitrogens with zero attached hydrogens (tertiary/aromatic N) is 4. The minimum atomic E-state index is -0.156. The Morgan fingerprint density at radius 2 is 1.77 bits per heavy atom. The number of benzene rings is 2. The Labute approximate surface area is 181 Å². The molecule has 7 heteroatoms. The molecule has 0 saturated carbocycles. The summed E-state index contributed by atoms with van der Waals surface area (Å²) in [6, 6.07) is 15.6. The summed E-state index contributed by atoms with van der Waals surface area (Å²) in [5.41, 5.74) is 3.79. The molecule has 1 aliphatic rings. The molecule has 1 N–H and O–H groups in total. The molecule has 0 atom stereocenters. The molecule has 2 heterocycles. The van der Waals surface area contributed by atoms with Crippen molar-refractivity contribution in [1.82, 2.24) is 20.2 Å². The van der Waals surface area contributed by atoms with Crippen LogP contribution in [0.1, 0.15) is 22.6 Å². The van der Waals surface area contributed by atoms with Gasteiger partial charge in [0.1, 0.15) is 5.69 Å². The van der Waals surface area contributed by atoms with Gasteiger partial charge in [-0.25, -0.2) is 9.97 Å². The lowest BCUT2D eigenvalue weighted by atomic mass is 10.2. The Morgan fingerprint density at radius 3 is 2.50 bits per heavy atom. The standard InChI is InChI=1S/C23H26ClN5O/c1-17-22(27-21-9-3-2-8-20(21)26-17)23(30)25-10-5-11-28-12-14-29(15-13-28)19-7-4-6-18(24)16-19/h2-4,6-9,16H,5,10-15H2,1H3,(H,25,30). The number of nitrogens with one attached hydrogen (secondary N) is 1. The van der Waals surface area contributed by atoms with Gasteiger partial charge in [0.2, 0.25) is 0 Å². The molecule has 0 aliphatic carbocycles. The summed E-state index contributed by atoms with van der Waals surface area (Å²) in [5.74, 6) is -0.156. The third-order valence-corrected chi connectivity index (χ3v) is 5.68. The van der Waals surface area contributed by atoms with Crippen LogP contribution in [0.4, 0.5) is 5.69 Å². The molecular formula is C23H26ClN5O. The highest BCUT2D eigenvalue weighted by molar-refractivity contribution is 6.30. The smallest absolute Gasteiger partial charge is 0.271 e. The average Bonchev–Trinajstić information content (AvgIpc) is 2.76. The lowest BCUT2D eigenvalue weighted by Crippen LogP contribution is -2.47. The number of anilines is 1. The number of hydrogen-bond acceptors (Lipinski definition) is 5. The van der Waals surface area contributed by atoms with Gasteiger partial charge in [0.15, 0.2) is 0 Å². The van der Waals surface area contributed by atoms with Crippen molar-refractivity contribution in [2.45, 2.75) is 13.3 Å². The fourth-order valence-electron chi connectivity index (χ4n) is 3.79. The topological polar surface area (TPSA) is 61.4 Å². The second kappa shape index (κ2) is 9.41. The lowest BCUT2D eigenvalue weighted by molar-refractivity contribution is 0.0945. The van der Waals surface area contributed by atoms with Crippen molar-refractivity contribution in [3.05, 3.63) is 64.9 Å². The van der Waals surface area contributed by atoms with Crippen LogP contribution in [0.25, 0.3) is 11.0 Å². The van der Waals surface area contributed by atoms with E-state index in [9.17, 15) is 4.79 Å². The van der Waals surface area contributed by atoms with E-state index < -0.39 is 0 Å². The maximum Gasteiger partial charge on any atom is 0.271 e. The number of rotatable bonds is 6. The normalized spacial score (nSPS) is 14.8. The molecule has 3 aromatic rings. The summed E-state index contributed by atoms with van der Waals surface area (Å²) in [6.45, 7) is 7.41. The number of aromatic nitrogens is 2. The number of hydrogen-bond donors (Lipinski definition) is 1. The van der Waals surface area contributed by atoms with Crippen LogP contribution >= 0.6 is 11.6 Å². The zero-order valence-corrected chi connectivity index (χ0v) is 17.9. The van der Waals surface area contributed by atoms with Gasteiger partial charge in [-0.15, -0.1) is 0 Å². The quantitative estimate of drug-likeness (QED) is 0.614. The van der Waals surface area contributed by atoms with Gasteiger partial charge in [-0.2, -0.15) is 0 Å². The molecule has 4 rings (SSSR count). The summed E-state index contributed by atoms with van der Waals surface area (Å²) in [6.07, 6.45) is 0.906. The number of aryl methyl sites for hydroxylation is 1. The van der Waals surface area contributed by atoms with Crippen molar-refractivity contribution in [2.75, 3.05) is 44.2 Å². The number of carbonyl (C=O) groups excluding carboxylic acids is 1. The molecular weight excluding hydrogens is 398 g/mol. The van der Waals surface area contributed by atoms with E-state index in [4.69, 9.17) is 11.6 Å². The Kier molecular flexibility index (Phi) is 6.45. The summed E-state index contributed by atoms with van der Waals surface area (Å²) in [7, 11) is 0. The predicted molar refractivity (Wildman–Crippen MR) is 121 cm³/mol. The molecule has 0 bridgehead atoms. The van der Waals surface area contributed by atoms with Gasteiger partial charge in [-0.3, -0.25) is 9.69 Å². The van der Waals surface area contributed by atoms with Crippen molar-refractivity contribution in [3.63, 3.8) is 0 Å². The number of halogens is 1. The second-order valence-corrected chi connectivity index (χ2v) is 8.00. The van der Waals surface area contributed by atoms with Gasteiger partial charge in [-0.1, -0.05) is 29.8 Å². The maximum atomic E-state index is 12.5. The third kappa shape index (κ3) is 4.89. The fourth-order valence-corrected chi connectivity index (χ4v) is 3.98. The molecule has 156 valence electrons. The van der Waals surface area contributed by atoms with E-state index in [0.717, 1.165) is 55.2 Å². The van der Waals surface area contributed by atoms with Crippen LogP contribution in [0.2, 0.25) is 5.02 Å². The Bertz CT molecular complexity index is 1030. The van der Waals surface area contributed by atoms with Gasteiger partial charge in [0.05, 0.1) is 16.7 Å². The second-order valence-electron chi connectivity index (χ2n) is 7.56. The molecule has 1 fully saturated rings. The zero-order chi connectivity index (χ0) is 20.9. The van der Waals surface area contributed by atoms with Gasteiger partial charge in [-0.05, 0) is 50.2 Å². The van der Waals surface area contributed by atoms with Crippen LogP contribution in [0.3, 0.4) is 0 Å². The minimum Gasteiger partial charge on any atom is -0.369 e. The van der Waals surface area contributed by atoms with E-state index in [1.807, 2.05) is 49.4 Å². The number of piperazine rings is 1. The highest BCUT2D eigenvalue weighted by Crippen LogP contribution is 2.20. The predicted octanol–water partition coefficient (Wildman–Crippen LogP) is 3.53. The van der Waals surface area contributed by atoms with Crippen LogP contribution in [0, 0.1) is 6.92 Å². The molecule has 30 heavy (non-hydrogen) atoms. The Balaban J connectivity index is 1.22. The molecule has 1 aliphatic heterocycles. The van der Waals surface area contributed by atoms with Crippen LogP contribution in [-0.4, -0.2) is 60.0 Å². The molecule has 1 aromatic heterocycles. The molecule has 0 unspecified atom stereocenters. The number of amides is 1. The monoisotopic (exact) mass is 423 g/mol. The van der Waals surface area contributed by atoms with Gasteiger partial charge >= 0.3 is 0 Å². The first kappa shape index (κ1) is 20.6. The van der Waals surface area contributed by atoms with E-state index in [-0.39, 0.29) is 5.91 Å². The van der Waals surface area contributed by atoms with Crippen molar-refractivity contribution in [2.24, 2.45) is 0 Å². The van der Waals surface area contributed by atoms with Gasteiger partial charge < -0.3 is 10.2 Å². The van der Waals surface area contributed by atoms with E-state index >= 15 is 0 Å². The highest BCUT2D eigenvalue weighted by atomic mass is 35.5. The van der Waals surface area contributed by atoms with E-state index in [1.54, 1.807) is 0 Å². The first-order chi connectivity index (χ1) is 14.6. The molecule has 1 amide bonds. The van der Waals surface area contributed by atoms with Crippen LogP contribution in [0.15, 0.2) is 48.5 Å². The summed E-state index contributed by atoms with van der Waals surface area (Å²) in [4.78, 5) is 26.3. The van der Waals surface area contributed by atoms with Crippen molar-refractivity contribution in [3.8, 4) is 0 Å². The van der Waals surface area contributed by atoms with Crippen molar-refractivity contribution < 1.29 is 4.79 Å². The van der Waals surface area contributed by atoms with E-state index in [2.05, 4.69) is 31.2 Å². The zero-order valence-electron chi connectivity index (χ0n) is 17.1. The van der Waals surface area contributed by atoms with Crippen molar-refractivity contribution >= 4 is 34.2 Å². The molecule has 0 spiro atoms. The third-order valence-electron chi connectivity index (χ3n) is 5.44. The fraction of sp³-hybridized carbons (Fsp3) is 0.348. The summed E-state index contributed by atoms with van der Waals surface area (Å²) in [5, 5.41) is 3.77. The van der Waals surface area contributed by atoms with Crippen LogP contribution < -0.4 is 10.2 Å². The lowest BCUT2D eigenvalue weighted by Gasteiger charge is -2.36. The van der Waals surface area contributed by atoms with Crippen molar-refractivity contribution in [1.29, 1.82) is 0 Å².